The van der Waals surface area contributed by atoms with Gasteiger partial charge in [0.2, 0.25) is 0 Å². The van der Waals surface area contributed by atoms with Crippen LogP contribution in [0.2, 0.25) is 0 Å². The Morgan fingerprint density at radius 3 is 2.29 bits per heavy atom. The minimum absolute atomic E-state index is 0.0586. The molecular weight excluding hydrogens is 304 g/mol. The summed E-state index contributed by atoms with van der Waals surface area (Å²) in [6.07, 6.45) is 2.14. The van der Waals surface area contributed by atoms with Crippen molar-refractivity contribution in [3.05, 3.63) is 77.2 Å². The van der Waals surface area contributed by atoms with Crippen LogP contribution in [0.3, 0.4) is 0 Å². The third-order valence-electron chi connectivity index (χ3n) is 3.45. The molecule has 2 N–H and O–H groups in total. The van der Waals surface area contributed by atoms with Gasteiger partial charge >= 0.3 is 0 Å². The van der Waals surface area contributed by atoms with E-state index in [-0.39, 0.29) is 17.8 Å². The molecule has 0 aliphatic rings. The van der Waals surface area contributed by atoms with E-state index in [1.54, 1.807) is 0 Å². The minimum Gasteiger partial charge on any atom is -0.301 e. The number of hydrogen-bond acceptors (Lipinski definition) is 5. The SMILES string of the molecule is O=CCn1c(-c2ccccc2)ncc(NNc2ccccc2)c1=O. The lowest BCUT2D eigenvalue weighted by Crippen LogP contribution is -2.28. The van der Waals surface area contributed by atoms with Crippen molar-refractivity contribution in [3.63, 3.8) is 0 Å². The number of hydrazine groups is 1. The van der Waals surface area contributed by atoms with Crippen molar-refractivity contribution in [3.8, 4) is 11.4 Å². The van der Waals surface area contributed by atoms with Gasteiger partial charge in [-0.3, -0.25) is 14.8 Å². The Morgan fingerprint density at radius 2 is 1.62 bits per heavy atom. The fourth-order valence-electron chi connectivity index (χ4n) is 2.30. The number of hydrogen-bond donors (Lipinski definition) is 2. The minimum atomic E-state index is -0.320. The molecular formula is C18H16N4O2. The first-order valence-corrected chi connectivity index (χ1v) is 7.45. The molecule has 0 aliphatic heterocycles. The van der Waals surface area contributed by atoms with Gasteiger partial charge in [0, 0.05) is 5.56 Å². The molecule has 0 bridgehead atoms. The Kier molecular flexibility index (Phi) is 4.67. The van der Waals surface area contributed by atoms with Crippen LogP contribution in [0.5, 0.6) is 0 Å². The molecule has 0 spiro atoms. The van der Waals surface area contributed by atoms with E-state index in [1.165, 1.54) is 10.8 Å². The van der Waals surface area contributed by atoms with Crippen LogP contribution in [0.4, 0.5) is 11.4 Å². The average Bonchev–Trinajstić information content (AvgIpc) is 2.64. The lowest BCUT2D eigenvalue weighted by Gasteiger charge is -2.13. The van der Waals surface area contributed by atoms with E-state index in [4.69, 9.17) is 0 Å². The van der Waals surface area contributed by atoms with Crippen LogP contribution in [-0.4, -0.2) is 15.8 Å². The largest absolute Gasteiger partial charge is 0.301 e. The van der Waals surface area contributed by atoms with E-state index in [2.05, 4.69) is 15.8 Å². The Balaban J connectivity index is 1.93. The molecule has 0 saturated carbocycles. The second-order valence-electron chi connectivity index (χ2n) is 5.06. The zero-order valence-corrected chi connectivity index (χ0v) is 12.8. The van der Waals surface area contributed by atoms with Gasteiger partial charge in [-0.1, -0.05) is 48.5 Å². The van der Waals surface area contributed by atoms with Crippen LogP contribution in [-0.2, 0) is 11.3 Å². The molecule has 0 aliphatic carbocycles. The zero-order valence-electron chi connectivity index (χ0n) is 12.8. The van der Waals surface area contributed by atoms with Crippen molar-refractivity contribution >= 4 is 17.7 Å². The quantitative estimate of drug-likeness (QED) is 0.539. The fourth-order valence-corrected chi connectivity index (χ4v) is 2.30. The van der Waals surface area contributed by atoms with Gasteiger partial charge in [0.1, 0.15) is 17.8 Å². The molecule has 0 radical (unpaired) electrons. The number of para-hydroxylation sites is 1. The number of aldehydes is 1. The van der Waals surface area contributed by atoms with Gasteiger partial charge in [-0.2, -0.15) is 0 Å². The summed E-state index contributed by atoms with van der Waals surface area (Å²) in [6.45, 7) is -0.0586. The summed E-state index contributed by atoms with van der Waals surface area (Å²) in [4.78, 5) is 28.0. The number of benzene rings is 2. The lowest BCUT2D eigenvalue weighted by atomic mass is 10.2. The van der Waals surface area contributed by atoms with E-state index >= 15 is 0 Å². The summed E-state index contributed by atoms with van der Waals surface area (Å²) in [5.74, 6) is 0.456. The first-order chi connectivity index (χ1) is 11.8. The zero-order chi connectivity index (χ0) is 16.8. The molecule has 1 aromatic heterocycles. The topological polar surface area (TPSA) is 76.0 Å². The number of carbonyl (C=O) groups is 1. The summed E-state index contributed by atoms with van der Waals surface area (Å²) in [6, 6.07) is 18.7. The first kappa shape index (κ1) is 15.5. The number of carbonyl (C=O) groups excluding carboxylic acids is 1. The molecule has 1 heterocycles. The molecule has 0 saturated heterocycles. The van der Waals surface area contributed by atoms with Gasteiger partial charge < -0.3 is 10.2 Å². The second-order valence-corrected chi connectivity index (χ2v) is 5.06. The summed E-state index contributed by atoms with van der Waals surface area (Å²) >= 11 is 0. The highest BCUT2D eigenvalue weighted by Gasteiger charge is 2.11. The molecule has 120 valence electrons. The predicted octanol–water partition coefficient (Wildman–Crippen LogP) is 2.55. The molecule has 0 fully saturated rings. The number of anilines is 2. The molecule has 6 heteroatoms. The highest BCUT2D eigenvalue weighted by Crippen LogP contribution is 2.16. The van der Waals surface area contributed by atoms with Crippen molar-refractivity contribution in [1.29, 1.82) is 0 Å². The van der Waals surface area contributed by atoms with E-state index in [0.29, 0.717) is 12.1 Å². The number of aromatic nitrogens is 2. The third-order valence-corrected chi connectivity index (χ3v) is 3.45. The van der Waals surface area contributed by atoms with Gasteiger partial charge in [-0.05, 0) is 12.1 Å². The Bertz CT molecular complexity index is 877. The maximum Gasteiger partial charge on any atom is 0.279 e. The van der Waals surface area contributed by atoms with Crippen molar-refractivity contribution in [2.45, 2.75) is 6.54 Å². The number of nitrogens with zero attached hydrogens (tertiary/aromatic N) is 2. The van der Waals surface area contributed by atoms with Gasteiger partial charge in [-0.15, -0.1) is 0 Å². The molecule has 3 rings (SSSR count). The van der Waals surface area contributed by atoms with Gasteiger partial charge in [0.15, 0.2) is 0 Å². The van der Waals surface area contributed by atoms with Crippen LogP contribution < -0.4 is 16.4 Å². The van der Waals surface area contributed by atoms with Crippen LogP contribution in [0.1, 0.15) is 0 Å². The summed E-state index contributed by atoms with van der Waals surface area (Å²) in [7, 11) is 0. The smallest absolute Gasteiger partial charge is 0.279 e. The Hall–Kier alpha value is -3.41. The normalized spacial score (nSPS) is 10.2. The predicted molar refractivity (Wildman–Crippen MR) is 93.7 cm³/mol. The second kappa shape index (κ2) is 7.23. The molecule has 0 amide bonds. The van der Waals surface area contributed by atoms with Crippen LogP contribution in [0, 0.1) is 0 Å². The van der Waals surface area contributed by atoms with Crippen LogP contribution in [0.25, 0.3) is 11.4 Å². The molecule has 3 aromatic rings. The highest BCUT2D eigenvalue weighted by atomic mass is 16.1. The molecule has 0 unspecified atom stereocenters. The third kappa shape index (κ3) is 3.33. The molecule has 2 aromatic carbocycles. The van der Waals surface area contributed by atoms with Gasteiger partial charge in [0.25, 0.3) is 5.56 Å². The van der Waals surface area contributed by atoms with Crippen LogP contribution >= 0.6 is 0 Å². The van der Waals surface area contributed by atoms with E-state index in [1.807, 2.05) is 60.7 Å². The van der Waals surface area contributed by atoms with E-state index in [0.717, 1.165) is 11.3 Å². The fraction of sp³-hybridized carbons (Fsp3) is 0.0556. The Morgan fingerprint density at radius 1 is 0.958 bits per heavy atom. The van der Waals surface area contributed by atoms with Crippen molar-refractivity contribution in [2.75, 3.05) is 10.9 Å². The lowest BCUT2D eigenvalue weighted by molar-refractivity contribution is -0.108. The molecule has 0 atom stereocenters. The van der Waals surface area contributed by atoms with Gasteiger partial charge in [0.05, 0.1) is 18.4 Å². The molecule has 24 heavy (non-hydrogen) atoms. The molecule has 6 nitrogen and oxygen atoms in total. The first-order valence-electron chi connectivity index (χ1n) is 7.45. The summed E-state index contributed by atoms with van der Waals surface area (Å²) in [5, 5.41) is 0. The van der Waals surface area contributed by atoms with Crippen LogP contribution in [0.15, 0.2) is 71.7 Å². The van der Waals surface area contributed by atoms with Crippen molar-refractivity contribution in [1.82, 2.24) is 9.55 Å². The monoisotopic (exact) mass is 320 g/mol. The van der Waals surface area contributed by atoms with E-state index in [9.17, 15) is 9.59 Å². The van der Waals surface area contributed by atoms with Crippen molar-refractivity contribution in [2.24, 2.45) is 0 Å². The maximum absolute atomic E-state index is 12.6. The highest BCUT2D eigenvalue weighted by molar-refractivity contribution is 5.60. The Labute approximate surface area is 138 Å². The summed E-state index contributed by atoms with van der Waals surface area (Å²) in [5.41, 5.74) is 7.32. The van der Waals surface area contributed by atoms with Crippen molar-refractivity contribution < 1.29 is 4.79 Å². The average molecular weight is 320 g/mol. The number of rotatable bonds is 6. The maximum atomic E-state index is 12.6. The van der Waals surface area contributed by atoms with Gasteiger partial charge in [-0.25, -0.2) is 4.98 Å². The summed E-state index contributed by atoms with van der Waals surface area (Å²) < 4.78 is 1.34. The van der Waals surface area contributed by atoms with E-state index < -0.39 is 0 Å². The standard InChI is InChI=1S/C18H16N4O2/c23-12-11-22-17(14-7-3-1-4-8-14)19-13-16(18(22)24)21-20-15-9-5-2-6-10-15/h1-10,12-13,20-21H,11H2. The number of nitrogens with one attached hydrogen (secondary N) is 2.